The number of nitrogens with zero attached hydrogens (tertiary/aromatic N) is 4. The summed E-state index contributed by atoms with van der Waals surface area (Å²) in [5.74, 6) is -1.31. The second-order valence-corrected chi connectivity index (χ2v) is 12.0. The maximum atomic E-state index is 13.9. The maximum absolute atomic E-state index is 13.9. The minimum Gasteiger partial charge on any atom is -0.454 e. The number of furan rings is 1. The fourth-order valence-electron chi connectivity index (χ4n) is 4.46. The van der Waals surface area contributed by atoms with E-state index in [4.69, 9.17) is 27.6 Å². The molecule has 8 nitrogen and oxygen atoms in total. The number of hydrogen-bond donors (Lipinski definition) is 1. The Bertz CT molecular complexity index is 2260. The second-order valence-electron chi connectivity index (χ2n) is 10.2. The molecule has 3 aromatic carbocycles. The van der Waals surface area contributed by atoms with Crippen LogP contribution in [0, 0.1) is 11.6 Å². The molecule has 1 amide bonds. The Hall–Kier alpha value is -5.62. The Morgan fingerprint density at radius 1 is 0.796 bits per heavy atom. The molecular formula is C36H23Cl2F2N5O3S. The molecule has 0 bridgehead atoms. The van der Waals surface area contributed by atoms with E-state index in [9.17, 15) is 18.4 Å². The molecule has 13 heteroatoms. The van der Waals surface area contributed by atoms with Gasteiger partial charge in [0.15, 0.2) is 5.76 Å². The molecule has 0 radical (unpaired) electrons. The monoisotopic (exact) mass is 713 g/mol. The number of carbonyl (C=O) groups is 2. The summed E-state index contributed by atoms with van der Waals surface area (Å²) in [4.78, 5) is 25.8. The van der Waals surface area contributed by atoms with Crippen molar-refractivity contribution in [1.82, 2.24) is 19.6 Å². The van der Waals surface area contributed by atoms with Gasteiger partial charge in [-0.1, -0.05) is 47.5 Å². The summed E-state index contributed by atoms with van der Waals surface area (Å²) in [5, 5.41) is 13.8. The molecule has 0 aliphatic rings. The molecule has 49 heavy (non-hydrogen) atoms. The number of thiophene rings is 1. The van der Waals surface area contributed by atoms with E-state index in [1.807, 2.05) is 60.0 Å². The van der Waals surface area contributed by atoms with Gasteiger partial charge in [0.05, 0.1) is 21.8 Å². The van der Waals surface area contributed by atoms with E-state index in [1.165, 1.54) is 29.1 Å². The molecule has 7 rings (SSSR count). The summed E-state index contributed by atoms with van der Waals surface area (Å²) < 4.78 is 35.0. The van der Waals surface area contributed by atoms with Crippen LogP contribution in [0.1, 0.15) is 20.9 Å². The van der Waals surface area contributed by atoms with Gasteiger partial charge in [0.1, 0.15) is 23.1 Å². The topological polar surface area (TPSA) is 95.0 Å². The summed E-state index contributed by atoms with van der Waals surface area (Å²) >= 11 is 13.6. The zero-order valence-corrected chi connectivity index (χ0v) is 27.5. The number of nitrogens with one attached hydrogen (secondary N) is 1. The van der Waals surface area contributed by atoms with E-state index < -0.39 is 17.5 Å². The molecule has 4 aromatic heterocycles. The molecular weight excluding hydrogens is 691 g/mol. The van der Waals surface area contributed by atoms with Gasteiger partial charge in [-0.15, -0.1) is 11.3 Å². The highest BCUT2D eigenvalue weighted by molar-refractivity contribution is 7.10. The van der Waals surface area contributed by atoms with Gasteiger partial charge in [0.2, 0.25) is 0 Å². The van der Waals surface area contributed by atoms with Crippen LogP contribution in [0.25, 0.3) is 34.9 Å². The summed E-state index contributed by atoms with van der Waals surface area (Å²) in [6, 6.07) is 27.3. The summed E-state index contributed by atoms with van der Waals surface area (Å²) in [7, 11) is 0. The summed E-state index contributed by atoms with van der Waals surface area (Å²) in [6.07, 6.45) is 6.97. The van der Waals surface area contributed by atoms with Crippen LogP contribution in [-0.4, -0.2) is 31.5 Å². The minimum atomic E-state index is -0.737. The minimum absolute atomic E-state index is 0.121. The molecule has 0 unspecified atom stereocenters. The number of amides is 1. The van der Waals surface area contributed by atoms with Gasteiger partial charge in [-0.2, -0.15) is 14.9 Å². The van der Waals surface area contributed by atoms with E-state index >= 15 is 0 Å². The molecule has 0 spiro atoms. The predicted molar refractivity (Wildman–Crippen MR) is 188 cm³/mol. The number of halogens is 4. The second kappa shape index (κ2) is 15.1. The van der Waals surface area contributed by atoms with Gasteiger partial charge in [-0.3, -0.25) is 4.79 Å². The molecule has 0 aliphatic carbocycles. The molecule has 0 saturated heterocycles. The van der Waals surface area contributed by atoms with E-state index in [1.54, 1.807) is 47.9 Å². The van der Waals surface area contributed by atoms with Crippen LogP contribution in [0.2, 0.25) is 10.0 Å². The number of para-hydroxylation sites is 1. The largest absolute Gasteiger partial charge is 0.454 e. The van der Waals surface area contributed by atoms with Crippen LogP contribution in [0.5, 0.6) is 0 Å². The highest BCUT2D eigenvalue weighted by Gasteiger charge is 2.17. The average Bonchev–Trinajstić information content (AvgIpc) is 3.92. The van der Waals surface area contributed by atoms with Gasteiger partial charge in [-0.05, 0) is 90.3 Å². The standard InChI is InChI=1S/C20H10Cl2F2N2O2.C16H13N3OS/c21-11-1-3-13(15(22)9-11)20(27)26-8-7-17(25-26)19-6-5-18(28-19)14-4-2-12(23)10-16(14)24;20-16(17-13-5-2-1-3-6-13)19-11-10-14(18-19)8-9-15-7-4-12-21-15/h1-10H;1-12H,(H,17,20)/b;9-8+. The third kappa shape index (κ3) is 8.28. The van der Waals surface area contributed by atoms with E-state index in [0.717, 1.165) is 33.1 Å². The van der Waals surface area contributed by atoms with Gasteiger partial charge in [-0.25, -0.2) is 18.3 Å². The number of anilines is 1. The Labute approximate surface area is 292 Å². The van der Waals surface area contributed by atoms with Crippen LogP contribution in [0.3, 0.4) is 0 Å². The van der Waals surface area contributed by atoms with Crippen molar-refractivity contribution in [3.05, 3.63) is 159 Å². The Kier molecular flexibility index (Phi) is 10.2. The highest BCUT2D eigenvalue weighted by Crippen LogP contribution is 2.30. The molecule has 7 aromatic rings. The first-order valence-corrected chi connectivity index (χ1v) is 16.1. The van der Waals surface area contributed by atoms with Crippen molar-refractivity contribution in [2.45, 2.75) is 0 Å². The smallest absolute Gasteiger partial charge is 0.346 e. The van der Waals surface area contributed by atoms with Gasteiger partial charge in [0, 0.05) is 34.0 Å². The maximum Gasteiger partial charge on any atom is 0.346 e. The first-order valence-electron chi connectivity index (χ1n) is 14.5. The Morgan fingerprint density at radius 3 is 2.35 bits per heavy atom. The van der Waals surface area contributed by atoms with Crippen LogP contribution in [-0.2, 0) is 0 Å². The average molecular weight is 715 g/mol. The van der Waals surface area contributed by atoms with Crippen LogP contribution < -0.4 is 5.32 Å². The van der Waals surface area contributed by atoms with Crippen LogP contribution >= 0.6 is 34.5 Å². The van der Waals surface area contributed by atoms with Crippen molar-refractivity contribution in [3.8, 4) is 22.8 Å². The molecule has 0 atom stereocenters. The fourth-order valence-corrected chi connectivity index (χ4v) is 5.57. The van der Waals surface area contributed by atoms with Crippen molar-refractivity contribution in [2.24, 2.45) is 0 Å². The molecule has 0 fully saturated rings. The Balaban J connectivity index is 0.000000177. The fraction of sp³-hybridized carbons (Fsp3) is 0. The third-order valence-corrected chi connectivity index (χ3v) is 8.20. The lowest BCUT2D eigenvalue weighted by molar-refractivity contribution is 0.0945. The molecule has 244 valence electrons. The first kappa shape index (κ1) is 33.3. The lowest BCUT2D eigenvalue weighted by atomic mass is 10.1. The van der Waals surface area contributed by atoms with Crippen molar-refractivity contribution in [2.75, 3.05) is 5.32 Å². The van der Waals surface area contributed by atoms with Gasteiger partial charge < -0.3 is 9.73 Å². The number of benzene rings is 3. The first-order chi connectivity index (χ1) is 23.7. The van der Waals surface area contributed by atoms with Crippen molar-refractivity contribution in [1.29, 1.82) is 0 Å². The number of aromatic nitrogens is 4. The molecule has 0 saturated carbocycles. The number of hydrogen-bond acceptors (Lipinski definition) is 6. The third-order valence-electron chi connectivity index (χ3n) is 6.82. The summed E-state index contributed by atoms with van der Waals surface area (Å²) in [5.41, 5.74) is 2.22. The van der Waals surface area contributed by atoms with Crippen molar-refractivity contribution < 1.29 is 22.8 Å². The molecule has 0 aliphatic heterocycles. The normalized spacial score (nSPS) is 10.9. The Morgan fingerprint density at radius 2 is 1.59 bits per heavy atom. The summed E-state index contributed by atoms with van der Waals surface area (Å²) in [6.45, 7) is 0. The SMILES string of the molecule is O=C(Nc1ccccc1)n1ccc(/C=C/c2cccs2)n1.O=C(c1ccc(Cl)cc1Cl)n1ccc(-c2ccc(-c3ccc(F)cc3F)o2)n1. The van der Waals surface area contributed by atoms with E-state index in [0.29, 0.717) is 16.5 Å². The van der Waals surface area contributed by atoms with Gasteiger partial charge >= 0.3 is 6.03 Å². The van der Waals surface area contributed by atoms with Crippen LogP contribution in [0.15, 0.2) is 125 Å². The van der Waals surface area contributed by atoms with Crippen LogP contribution in [0.4, 0.5) is 19.3 Å². The lowest BCUT2D eigenvalue weighted by Crippen LogP contribution is -2.19. The van der Waals surface area contributed by atoms with Crippen molar-refractivity contribution in [3.63, 3.8) is 0 Å². The van der Waals surface area contributed by atoms with E-state index in [2.05, 4.69) is 15.5 Å². The highest BCUT2D eigenvalue weighted by atomic mass is 35.5. The zero-order valence-electron chi connectivity index (χ0n) is 25.1. The predicted octanol–water partition coefficient (Wildman–Crippen LogP) is 10.3. The number of rotatable bonds is 6. The molecule has 1 N–H and O–H groups in total. The zero-order chi connectivity index (χ0) is 34.3. The number of carbonyl (C=O) groups excluding carboxylic acids is 2. The van der Waals surface area contributed by atoms with E-state index in [-0.39, 0.29) is 27.9 Å². The molecule has 4 heterocycles. The quantitative estimate of drug-likeness (QED) is 0.185. The van der Waals surface area contributed by atoms with Crippen molar-refractivity contribution >= 4 is 64.3 Å². The lowest BCUT2D eigenvalue weighted by Gasteiger charge is -2.03. The van der Waals surface area contributed by atoms with Gasteiger partial charge in [0.25, 0.3) is 5.91 Å².